The normalized spacial score (nSPS) is 11.5. The van der Waals surface area contributed by atoms with E-state index < -0.39 is 0 Å². The van der Waals surface area contributed by atoms with Gasteiger partial charge in [-0.25, -0.2) is 9.97 Å². The zero-order valence-corrected chi connectivity index (χ0v) is 37.3. The van der Waals surface area contributed by atoms with Crippen LogP contribution < -0.4 is 9.80 Å². The summed E-state index contributed by atoms with van der Waals surface area (Å²) in [6, 6.07) is 84.7. The molecule has 0 saturated carbocycles. The van der Waals surface area contributed by atoms with Gasteiger partial charge in [-0.3, -0.25) is 8.80 Å². The molecular weight excluding hydrogens is 845 g/mol. The highest BCUT2D eigenvalue weighted by atomic mass is 16.3. The summed E-state index contributed by atoms with van der Waals surface area (Å²) < 4.78 is 11.2. The maximum atomic E-state index is 6.83. The third-order valence-electron chi connectivity index (χ3n) is 12.9. The van der Waals surface area contributed by atoms with Crippen molar-refractivity contribution in [2.75, 3.05) is 9.80 Å². The Labute approximate surface area is 398 Å². The summed E-state index contributed by atoms with van der Waals surface area (Å²) in [5.74, 6) is 0. The number of hydrogen-bond donors (Lipinski definition) is 0. The smallest absolute Gasteiger partial charge is 0.137 e. The molecule has 0 aliphatic heterocycles. The van der Waals surface area contributed by atoms with Crippen molar-refractivity contribution >= 4 is 67.4 Å². The van der Waals surface area contributed by atoms with Gasteiger partial charge in [0.25, 0.3) is 0 Å². The van der Waals surface area contributed by atoms with E-state index in [0.29, 0.717) is 0 Å². The van der Waals surface area contributed by atoms with Crippen LogP contribution in [0.15, 0.2) is 259 Å². The maximum absolute atomic E-state index is 6.83. The molecule has 326 valence electrons. The minimum atomic E-state index is 0.813. The molecule has 13 aromatic rings. The molecule has 0 fully saturated rings. The van der Waals surface area contributed by atoms with Gasteiger partial charge in [0, 0.05) is 91.7 Å². The Bertz CT molecular complexity index is 3680. The summed E-state index contributed by atoms with van der Waals surface area (Å²) in [6.45, 7) is 0. The van der Waals surface area contributed by atoms with Gasteiger partial charge in [0.1, 0.15) is 22.5 Å². The predicted octanol–water partition coefficient (Wildman–Crippen LogP) is 16.5. The maximum Gasteiger partial charge on any atom is 0.137 e. The molecule has 0 N–H and O–H groups in total. The van der Waals surface area contributed by atoms with E-state index in [4.69, 9.17) is 14.4 Å². The number of pyridine rings is 2. The number of hydrogen-bond acceptors (Lipinski definition) is 5. The Morgan fingerprint density at radius 1 is 0.304 bits per heavy atom. The average Bonchev–Trinajstić information content (AvgIpc) is 4.12. The first kappa shape index (κ1) is 39.9. The van der Waals surface area contributed by atoms with Crippen molar-refractivity contribution in [2.45, 2.75) is 0 Å². The fraction of sp³-hybridized carbons (Fsp3) is 0. The lowest BCUT2D eigenvalue weighted by atomic mass is 10.0. The van der Waals surface area contributed by atoms with E-state index in [2.05, 4.69) is 249 Å². The number of anilines is 6. The number of fused-ring (bicyclic) bond motifs is 5. The SMILES string of the molecule is c1ccc(-c2nc3ccccn3c2-c2ccc(N(c3ccccc3)c3ccc4c(c3)oc3cc(N(c5ccccc5)c5ccc(-c6c(-c7ccccc7)nc7ccccn67)cc5)ccc34)cc2)cc1. The highest BCUT2D eigenvalue weighted by Gasteiger charge is 2.21. The molecule has 0 bridgehead atoms. The highest BCUT2D eigenvalue weighted by molar-refractivity contribution is 6.07. The van der Waals surface area contributed by atoms with Crippen molar-refractivity contribution in [3.63, 3.8) is 0 Å². The molecule has 8 aromatic carbocycles. The monoisotopic (exact) mass is 886 g/mol. The van der Waals surface area contributed by atoms with Crippen molar-refractivity contribution < 1.29 is 4.42 Å². The van der Waals surface area contributed by atoms with E-state index in [-0.39, 0.29) is 0 Å². The van der Waals surface area contributed by atoms with Crippen molar-refractivity contribution in [2.24, 2.45) is 0 Å². The van der Waals surface area contributed by atoms with Gasteiger partial charge in [-0.1, -0.05) is 133 Å². The van der Waals surface area contributed by atoms with Crippen molar-refractivity contribution in [3.8, 4) is 45.0 Å². The first-order valence-corrected chi connectivity index (χ1v) is 23.1. The number of furan rings is 1. The van der Waals surface area contributed by atoms with Gasteiger partial charge in [-0.2, -0.15) is 0 Å². The van der Waals surface area contributed by atoms with Gasteiger partial charge in [0.2, 0.25) is 0 Å². The summed E-state index contributed by atoms with van der Waals surface area (Å²) in [6.07, 6.45) is 4.17. The van der Waals surface area contributed by atoms with Crippen molar-refractivity contribution in [1.82, 2.24) is 18.8 Å². The summed E-state index contributed by atoms with van der Waals surface area (Å²) in [5.41, 5.74) is 17.9. The molecule has 0 unspecified atom stereocenters. The number of aromatic nitrogens is 4. The van der Waals surface area contributed by atoms with Crippen LogP contribution in [0.3, 0.4) is 0 Å². The van der Waals surface area contributed by atoms with E-state index >= 15 is 0 Å². The van der Waals surface area contributed by atoms with Crippen LogP contribution in [0.4, 0.5) is 34.1 Å². The van der Waals surface area contributed by atoms with Gasteiger partial charge in [-0.15, -0.1) is 0 Å². The Kier molecular flexibility index (Phi) is 9.68. The highest BCUT2D eigenvalue weighted by Crippen LogP contribution is 2.43. The number of para-hydroxylation sites is 2. The molecule has 5 heterocycles. The van der Waals surface area contributed by atoms with E-state index in [1.165, 1.54) is 0 Å². The zero-order chi connectivity index (χ0) is 45.7. The second-order valence-electron chi connectivity index (χ2n) is 17.1. The summed E-state index contributed by atoms with van der Waals surface area (Å²) in [4.78, 5) is 14.7. The van der Waals surface area contributed by atoms with Crippen LogP contribution >= 0.6 is 0 Å². The van der Waals surface area contributed by atoms with Crippen LogP contribution in [0, 0.1) is 0 Å². The molecule has 7 heteroatoms. The van der Waals surface area contributed by atoms with Gasteiger partial charge in [0.15, 0.2) is 0 Å². The Hall–Kier alpha value is -9.46. The second kappa shape index (κ2) is 16.8. The topological polar surface area (TPSA) is 54.2 Å². The third kappa shape index (κ3) is 7.08. The van der Waals surface area contributed by atoms with Gasteiger partial charge in [-0.05, 0) is 97.1 Å². The van der Waals surface area contributed by atoms with E-state index in [0.717, 1.165) is 112 Å². The van der Waals surface area contributed by atoms with Crippen molar-refractivity contribution in [1.29, 1.82) is 0 Å². The molecule has 0 aliphatic rings. The van der Waals surface area contributed by atoms with Crippen LogP contribution in [0.1, 0.15) is 0 Å². The number of rotatable bonds is 10. The third-order valence-corrected chi connectivity index (χ3v) is 12.9. The van der Waals surface area contributed by atoms with Crippen LogP contribution in [0.5, 0.6) is 0 Å². The summed E-state index contributed by atoms with van der Waals surface area (Å²) >= 11 is 0. The van der Waals surface area contributed by atoms with Gasteiger partial charge in [0.05, 0.1) is 22.8 Å². The summed E-state index contributed by atoms with van der Waals surface area (Å²) in [5, 5.41) is 2.12. The molecule has 13 rings (SSSR count). The Morgan fingerprint density at radius 3 is 1.06 bits per heavy atom. The molecule has 7 nitrogen and oxygen atoms in total. The molecule has 0 atom stereocenters. The average molecular weight is 887 g/mol. The molecule has 5 aromatic heterocycles. The Morgan fingerprint density at radius 2 is 0.652 bits per heavy atom. The quantitative estimate of drug-likeness (QED) is 0.137. The molecule has 0 spiro atoms. The molecule has 0 saturated heterocycles. The standard InChI is InChI=1S/C62H42N6O/c1-5-17-43(18-6-1)59-61(65-39-15-13-25-57(65)63-59)45-27-31-49(32-28-45)67(47-21-9-3-10-22-47)51-35-37-53-54-38-36-52(42-56(54)69-55(53)41-51)68(48-23-11-4-12-24-48)50-33-29-46(30-34-50)62-60(44-19-7-2-8-20-44)64-58-26-14-16-40-66(58)62/h1-42H. The molecular formula is C62H42N6O. The molecule has 69 heavy (non-hydrogen) atoms. The van der Waals surface area contributed by atoms with E-state index in [1.807, 2.05) is 24.3 Å². The van der Waals surface area contributed by atoms with Crippen LogP contribution in [-0.4, -0.2) is 18.8 Å². The van der Waals surface area contributed by atoms with Crippen LogP contribution in [-0.2, 0) is 0 Å². The fourth-order valence-corrected chi connectivity index (χ4v) is 9.76. The summed E-state index contributed by atoms with van der Waals surface area (Å²) in [7, 11) is 0. The molecule has 0 amide bonds. The number of benzene rings is 8. The second-order valence-corrected chi connectivity index (χ2v) is 17.1. The lowest BCUT2D eigenvalue weighted by Crippen LogP contribution is -2.09. The fourth-order valence-electron chi connectivity index (χ4n) is 9.76. The predicted molar refractivity (Wildman–Crippen MR) is 282 cm³/mol. The van der Waals surface area contributed by atoms with E-state index in [9.17, 15) is 0 Å². The Balaban J connectivity index is 0.869. The largest absolute Gasteiger partial charge is 0.456 e. The van der Waals surface area contributed by atoms with Gasteiger partial charge >= 0.3 is 0 Å². The minimum Gasteiger partial charge on any atom is -0.456 e. The van der Waals surface area contributed by atoms with Crippen molar-refractivity contribution in [3.05, 3.63) is 255 Å². The zero-order valence-electron chi connectivity index (χ0n) is 37.3. The lowest BCUT2D eigenvalue weighted by Gasteiger charge is -2.25. The van der Waals surface area contributed by atoms with Gasteiger partial charge < -0.3 is 14.2 Å². The minimum absolute atomic E-state index is 0.813. The van der Waals surface area contributed by atoms with Crippen LogP contribution in [0.2, 0.25) is 0 Å². The first-order chi connectivity index (χ1) is 34.2. The number of nitrogens with zero attached hydrogens (tertiary/aromatic N) is 6. The molecule has 0 radical (unpaired) electrons. The van der Waals surface area contributed by atoms with E-state index in [1.54, 1.807) is 0 Å². The lowest BCUT2D eigenvalue weighted by molar-refractivity contribution is 0.669. The first-order valence-electron chi connectivity index (χ1n) is 23.1. The molecule has 0 aliphatic carbocycles. The number of imidazole rings is 2. The van der Waals surface area contributed by atoms with Crippen LogP contribution in [0.25, 0.3) is 78.3 Å².